The SMILES string of the molecule is CNC1CCN(S(=O)(=O)c2cc(Cl)ccc2Cl)C1.Cl. The maximum absolute atomic E-state index is 12.4. The zero-order valence-electron chi connectivity index (χ0n) is 10.3. The Kier molecular flexibility index (Phi) is 5.92. The molecule has 1 atom stereocenters. The van der Waals surface area contributed by atoms with E-state index in [0.717, 1.165) is 6.42 Å². The lowest BCUT2D eigenvalue weighted by Crippen LogP contribution is -2.33. The largest absolute Gasteiger partial charge is 0.316 e. The van der Waals surface area contributed by atoms with Gasteiger partial charge in [-0.15, -0.1) is 12.4 Å². The van der Waals surface area contributed by atoms with Gasteiger partial charge in [0.05, 0.1) is 5.02 Å². The summed E-state index contributed by atoms with van der Waals surface area (Å²) < 4.78 is 26.3. The highest BCUT2D eigenvalue weighted by Crippen LogP contribution is 2.29. The van der Waals surface area contributed by atoms with Crippen LogP contribution in [0.4, 0.5) is 0 Å². The molecule has 19 heavy (non-hydrogen) atoms. The minimum atomic E-state index is -3.56. The fourth-order valence-electron chi connectivity index (χ4n) is 2.00. The van der Waals surface area contributed by atoms with Gasteiger partial charge in [0.2, 0.25) is 10.0 Å². The van der Waals surface area contributed by atoms with E-state index < -0.39 is 10.0 Å². The van der Waals surface area contributed by atoms with Crippen molar-refractivity contribution in [3.8, 4) is 0 Å². The first-order valence-corrected chi connectivity index (χ1v) is 7.77. The lowest BCUT2D eigenvalue weighted by molar-refractivity contribution is 0.464. The van der Waals surface area contributed by atoms with Crippen LogP contribution in [0.25, 0.3) is 0 Å². The van der Waals surface area contributed by atoms with E-state index in [4.69, 9.17) is 23.2 Å². The number of rotatable bonds is 3. The molecule has 8 heteroatoms. The molecule has 0 aromatic heterocycles. The van der Waals surface area contributed by atoms with Crippen LogP contribution in [0.3, 0.4) is 0 Å². The van der Waals surface area contributed by atoms with Crippen LogP contribution in [0.5, 0.6) is 0 Å². The molecule has 0 aliphatic carbocycles. The first-order chi connectivity index (χ1) is 8.45. The molecule has 1 aromatic rings. The normalized spacial score (nSPS) is 20.3. The molecule has 4 nitrogen and oxygen atoms in total. The lowest BCUT2D eigenvalue weighted by Gasteiger charge is -2.17. The Morgan fingerprint density at radius 1 is 1.37 bits per heavy atom. The lowest BCUT2D eigenvalue weighted by atomic mass is 10.3. The van der Waals surface area contributed by atoms with E-state index in [2.05, 4.69) is 5.32 Å². The summed E-state index contributed by atoms with van der Waals surface area (Å²) >= 11 is 11.8. The Labute approximate surface area is 129 Å². The maximum Gasteiger partial charge on any atom is 0.244 e. The second-order valence-electron chi connectivity index (χ2n) is 4.21. The Hall–Kier alpha value is -0.0400. The molecule has 1 unspecified atom stereocenters. The van der Waals surface area contributed by atoms with Gasteiger partial charge in [-0.3, -0.25) is 0 Å². The standard InChI is InChI=1S/C11H14Cl2N2O2S.ClH/c1-14-9-4-5-15(7-9)18(16,17)11-6-8(12)2-3-10(11)13;/h2-3,6,9,14H,4-5,7H2,1H3;1H. The maximum atomic E-state index is 12.4. The van der Waals surface area contributed by atoms with Crippen molar-refractivity contribution in [1.82, 2.24) is 9.62 Å². The van der Waals surface area contributed by atoms with Crippen molar-refractivity contribution in [1.29, 1.82) is 0 Å². The molecule has 1 aromatic carbocycles. The number of benzene rings is 1. The average Bonchev–Trinajstić information content (AvgIpc) is 2.81. The minimum Gasteiger partial charge on any atom is -0.316 e. The van der Waals surface area contributed by atoms with Gasteiger partial charge in [-0.1, -0.05) is 23.2 Å². The summed E-state index contributed by atoms with van der Waals surface area (Å²) in [5.74, 6) is 0. The van der Waals surface area contributed by atoms with Gasteiger partial charge in [0, 0.05) is 24.2 Å². The van der Waals surface area contributed by atoms with Crippen molar-refractivity contribution in [2.24, 2.45) is 0 Å². The molecule has 0 saturated carbocycles. The van der Waals surface area contributed by atoms with E-state index in [1.807, 2.05) is 7.05 Å². The van der Waals surface area contributed by atoms with Crippen molar-refractivity contribution >= 4 is 45.6 Å². The predicted molar refractivity (Wildman–Crippen MR) is 79.9 cm³/mol. The van der Waals surface area contributed by atoms with Gasteiger partial charge in [-0.2, -0.15) is 4.31 Å². The summed E-state index contributed by atoms with van der Waals surface area (Å²) in [7, 11) is -1.73. The van der Waals surface area contributed by atoms with Crippen LogP contribution in [-0.4, -0.2) is 38.9 Å². The van der Waals surface area contributed by atoms with Crippen molar-refractivity contribution in [2.45, 2.75) is 17.4 Å². The van der Waals surface area contributed by atoms with E-state index in [1.165, 1.54) is 16.4 Å². The van der Waals surface area contributed by atoms with Gasteiger partial charge in [-0.05, 0) is 31.7 Å². The van der Waals surface area contributed by atoms with E-state index >= 15 is 0 Å². The second kappa shape index (κ2) is 6.61. The molecule has 1 saturated heterocycles. The summed E-state index contributed by atoms with van der Waals surface area (Å²) in [5.41, 5.74) is 0. The Morgan fingerprint density at radius 2 is 2.05 bits per heavy atom. The molecule has 0 spiro atoms. The highest BCUT2D eigenvalue weighted by Gasteiger charge is 2.33. The molecular formula is C11H15Cl3N2O2S. The summed E-state index contributed by atoms with van der Waals surface area (Å²) in [6, 6.07) is 4.66. The highest BCUT2D eigenvalue weighted by atomic mass is 35.5. The first kappa shape index (κ1) is 17.0. The number of nitrogens with one attached hydrogen (secondary N) is 1. The van der Waals surface area contributed by atoms with Crippen LogP contribution in [0.1, 0.15) is 6.42 Å². The van der Waals surface area contributed by atoms with Gasteiger partial charge in [0.15, 0.2) is 0 Å². The number of hydrogen-bond donors (Lipinski definition) is 1. The molecule has 1 fully saturated rings. The summed E-state index contributed by atoms with van der Waals surface area (Å²) in [6.07, 6.45) is 0.800. The highest BCUT2D eigenvalue weighted by molar-refractivity contribution is 7.89. The van der Waals surface area contributed by atoms with Crippen LogP contribution in [0.15, 0.2) is 23.1 Å². The van der Waals surface area contributed by atoms with Gasteiger partial charge in [-0.25, -0.2) is 8.42 Å². The topological polar surface area (TPSA) is 49.4 Å². The van der Waals surface area contributed by atoms with Crippen LogP contribution < -0.4 is 5.32 Å². The quantitative estimate of drug-likeness (QED) is 0.915. The number of sulfonamides is 1. The molecule has 0 radical (unpaired) electrons. The third kappa shape index (κ3) is 3.54. The molecule has 1 N–H and O–H groups in total. The first-order valence-electron chi connectivity index (χ1n) is 5.57. The average molecular weight is 346 g/mol. The molecule has 0 bridgehead atoms. The van der Waals surface area contributed by atoms with Crippen LogP contribution in [0.2, 0.25) is 10.0 Å². The zero-order valence-corrected chi connectivity index (χ0v) is 13.4. The monoisotopic (exact) mass is 344 g/mol. The van der Waals surface area contributed by atoms with Gasteiger partial charge in [0.25, 0.3) is 0 Å². The third-order valence-electron chi connectivity index (χ3n) is 3.07. The van der Waals surface area contributed by atoms with E-state index in [1.54, 1.807) is 6.07 Å². The van der Waals surface area contributed by atoms with Crippen molar-refractivity contribution in [2.75, 3.05) is 20.1 Å². The predicted octanol–water partition coefficient (Wildman–Crippen LogP) is 2.40. The summed E-state index contributed by atoms with van der Waals surface area (Å²) in [6.45, 7) is 0.957. The molecule has 0 amide bonds. The zero-order chi connectivity index (χ0) is 13.3. The van der Waals surface area contributed by atoms with Crippen LogP contribution >= 0.6 is 35.6 Å². The number of likely N-dealkylation sites (N-methyl/N-ethyl adjacent to an activating group) is 1. The van der Waals surface area contributed by atoms with Gasteiger partial charge >= 0.3 is 0 Å². The minimum absolute atomic E-state index is 0. The van der Waals surface area contributed by atoms with Gasteiger partial charge in [0.1, 0.15) is 4.90 Å². The van der Waals surface area contributed by atoms with Crippen molar-refractivity contribution in [3.05, 3.63) is 28.2 Å². The van der Waals surface area contributed by atoms with Crippen molar-refractivity contribution < 1.29 is 8.42 Å². The smallest absolute Gasteiger partial charge is 0.244 e. The fraction of sp³-hybridized carbons (Fsp3) is 0.455. The Morgan fingerprint density at radius 3 is 2.63 bits per heavy atom. The molecule has 2 rings (SSSR count). The summed E-state index contributed by atoms with van der Waals surface area (Å²) in [4.78, 5) is 0.0772. The van der Waals surface area contributed by atoms with Crippen LogP contribution in [-0.2, 0) is 10.0 Å². The van der Waals surface area contributed by atoms with Crippen LogP contribution in [0, 0.1) is 0 Å². The van der Waals surface area contributed by atoms with E-state index in [-0.39, 0.29) is 28.4 Å². The third-order valence-corrected chi connectivity index (χ3v) is 5.65. The molecule has 1 aliphatic rings. The van der Waals surface area contributed by atoms with E-state index in [0.29, 0.717) is 18.1 Å². The van der Waals surface area contributed by atoms with E-state index in [9.17, 15) is 8.42 Å². The van der Waals surface area contributed by atoms with Gasteiger partial charge < -0.3 is 5.32 Å². The Bertz CT molecular complexity index is 551. The molecule has 108 valence electrons. The Balaban J connectivity index is 0.00000180. The molecule has 1 aliphatic heterocycles. The number of hydrogen-bond acceptors (Lipinski definition) is 3. The molecular weight excluding hydrogens is 331 g/mol. The second-order valence-corrected chi connectivity index (χ2v) is 6.96. The van der Waals surface area contributed by atoms with Crippen molar-refractivity contribution in [3.63, 3.8) is 0 Å². The fourth-order valence-corrected chi connectivity index (χ4v) is 4.23. The summed E-state index contributed by atoms with van der Waals surface area (Å²) in [5, 5.41) is 3.64. The number of nitrogens with zero attached hydrogens (tertiary/aromatic N) is 1. The number of halogens is 3. The molecule has 1 heterocycles.